The number of nitrogens with two attached hydrogens (primary N) is 1. The van der Waals surface area contributed by atoms with Crippen LogP contribution in [0.3, 0.4) is 0 Å². The maximum absolute atomic E-state index is 12.3. The Bertz CT molecular complexity index is 532. The Labute approximate surface area is 130 Å². The van der Waals surface area contributed by atoms with Crippen LogP contribution < -0.4 is 10.5 Å². The maximum Gasteiger partial charge on any atom is 0.241 e. The van der Waals surface area contributed by atoms with Gasteiger partial charge in [-0.3, -0.25) is 0 Å². The molecule has 1 rings (SSSR count). The van der Waals surface area contributed by atoms with E-state index < -0.39 is 10.0 Å². The average molecular weight is 363 g/mol. The fraction of sp³-hybridized carbons (Fsp3) is 0.571. The second-order valence-corrected chi connectivity index (χ2v) is 7.60. The highest BCUT2D eigenvalue weighted by Gasteiger charge is 2.19. The van der Waals surface area contributed by atoms with Crippen LogP contribution >= 0.6 is 15.9 Å². The van der Waals surface area contributed by atoms with E-state index in [0.29, 0.717) is 10.2 Å². The van der Waals surface area contributed by atoms with Crippen molar-refractivity contribution in [2.75, 3.05) is 5.73 Å². The van der Waals surface area contributed by atoms with E-state index in [4.69, 9.17) is 5.73 Å². The molecule has 0 aromatic heterocycles. The van der Waals surface area contributed by atoms with Gasteiger partial charge in [0.05, 0.1) is 4.90 Å². The highest BCUT2D eigenvalue weighted by molar-refractivity contribution is 9.10. The van der Waals surface area contributed by atoms with Gasteiger partial charge in [-0.25, -0.2) is 13.1 Å². The van der Waals surface area contributed by atoms with E-state index in [1.807, 2.05) is 6.92 Å². The summed E-state index contributed by atoms with van der Waals surface area (Å²) in [4.78, 5) is 0.229. The van der Waals surface area contributed by atoms with Crippen molar-refractivity contribution >= 4 is 31.6 Å². The minimum absolute atomic E-state index is 0.0682. The third-order valence-corrected chi connectivity index (χ3v) is 5.66. The molecule has 4 nitrogen and oxygen atoms in total. The Hall–Kier alpha value is -0.590. The minimum atomic E-state index is -3.50. The van der Waals surface area contributed by atoms with Gasteiger partial charge in [0.25, 0.3) is 0 Å². The fourth-order valence-corrected chi connectivity index (χ4v) is 4.37. The van der Waals surface area contributed by atoms with Gasteiger partial charge in [0, 0.05) is 16.2 Å². The summed E-state index contributed by atoms with van der Waals surface area (Å²) in [6.45, 7) is 4.06. The molecule has 0 radical (unpaired) electrons. The molecule has 0 aliphatic carbocycles. The summed E-state index contributed by atoms with van der Waals surface area (Å²) < 4.78 is 27.8. The topological polar surface area (TPSA) is 72.2 Å². The van der Waals surface area contributed by atoms with Crippen molar-refractivity contribution in [3.63, 3.8) is 0 Å². The molecule has 1 atom stereocenters. The molecule has 0 saturated carbocycles. The van der Waals surface area contributed by atoms with Crippen LogP contribution in [0.1, 0.15) is 46.0 Å². The summed E-state index contributed by atoms with van der Waals surface area (Å²) in [6.07, 6.45) is 5.42. The Morgan fingerprint density at radius 1 is 1.30 bits per heavy atom. The largest absolute Gasteiger partial charge is 0.399 e. The molecule has 0 bridgehead atoms. The molecule has 0 fully saturated rings. The lowest BCUT2D eigenvalue weighted by Gasteiger charge is -2.15. The number of anilines is 1. The average Bonchev–Trinajstić information content (AvgIpc) is 2.33. The summed E-state index contributed by atoms with van der Waals surface area (Å²) in [7, 11) is -3.50. The molecule has 3 N–H and O–H groups in total. The van der Waals surface area contributed by atoms with E-state index in [-0.39, 0.29) is 10.9 Å². The predicted octanol–water partition coefficient (Wildman–Crippen LogP) is 3.67. The smallest absolute Gasteiger partial charge is 0.241 e. The van der Waals surface area contributed by atoms with E-state index in [2.05, 4.69) is 27.6 Å². The van der Waals surface area contributed by atoms with Crippen molar-refractivity contribution in [3.8, 4) is 0 Å². The van der Waals surface area contributed by atoms with Crippen LogP contribution in [-0.4, -0.2) is 14.5 Å². The number of sulfonamides is 1. The number of nitrogens with one attached hydrogen (secondary N) is 1. The maximum atomic E-state index is 12.3. The molecule has 0 aliphatic heterocycles. The summed E-state index contributed by atoms with van der Waals surface area (Å²) in [5.74, 6) is 0. The zero-order chi connectivity index (χ0) is 15.2. The van der Waals surface area contributed by atoms with Crippen LogP contribution in [-0.2, 0) is 10.0 Å². The molecule has 1 unspecified atom stereocenters. The number of unbranched alkanes of at least 4 members (excludes halogenated alkanes) is 3. The van der Waals surface area contributed by atoms with Crippen molar-refractivity contribution in [3.05, 3.63) is 22.7 Å². The number of hydrogen-bond acceptors (Lipinski definition) is 3. The van der Waals surface area contributed by atoms with Crippen LogP contribution in [0.5, 0.6) is 0 Å². The first kappa shape index (κ1) is 17.5. The fourth-order valence-electron chi connectivity index (χ4n) is 2.00. The number of rotatable bonds is 8. The lowest BCUT2D eigenvalue weighted by atomic mass is 10.1. The highest BCUT2D eigenvalue weighted by Crippen LogP contribution is 2.24. The van der Waals surface area contributed by atoms with Crippen molar-refractivity contribution in [2.45, 2.75) is 56.9 Å². The van der Waals surface area contributed by atoms with Crippen LogP contribution in [0.2, 0.25) is 0 Å². The third-order valence-electron chi connectivity index (χ3n) is 3.09. The summed E-state index contributed by atoms with van der Waals surface area (Å²) in [5, 5.41) is 0. The van der Waals surface area contributed by atoms with E-state index >= 15 is 0 Å². The molecule has 1 aromatic carbocycles. The Morgan fingerprint density at radius 3 is 2.60 bits per heavy atom. The van der Waals surface area contributed by atoms with Gasteiger partial charge in [0.1, 0.15) is 0 Å². The summed E-state index contributed by atoms with van der Waals surface area (Å²) >= 11 is 3.25. The molecule has 1 aromatic rings. The molecular formula is C14H23BrN2O2S. The lowest BCUT2D eigenvalue weighted by Crippen LogP contribution is -2.32. The highest BCUT2D eigenvalue weighted by atomic mass is 79.9. The lowest BCUT2D eigenvalue weighted by molar-refractivity contribution is 0.521. The Morgan fingerprint density at radius 2 is 2.00 bits per heavy atom. The number of nitrogen functional groups attached to an aromatic ring is 1. The zero-order valence-corrected chi connectivity index (χ0v) is 14.4. The first-order valence-electron chi connectivity index (χ1n) is 6.94. The van der Waals surface area contributed by atoms with Crippen LogP contribution in [0, 0.1) is 0 Å². The second kappa shape index (κ2) is 8.00. The third kappa shape index (κ3) is 5.42. The van der Waals surface area contributed by atoms with Gasteiger partial charge in [-0.2, -0.15) is 0 Å². The summed E-state index contributed by atoms with van der Waals surface area (Å²) in [6, 6.07) is 4.64. The molecule has 0 spiro atoms. The number of halogens is 1. The van der Waals surface area contributed by atoms with Gasteiger partial charge >= 0.3 is 0 Å². The number of hydrogen-bond donors (Lipinski definition) is 2. The molecule has 0 saturated heterocycles. The molecule has 0 aliphatic rings. The Balaban J connectivity index is 2.65. The van der Waals surface area contributed by atoms with Crippen molar-refractivity contribution in [2.24, 2.45) is 0 Å². The van der Waals surface area contributed by atoms with E-state index in [9.17, 15) is 8.42 Å². The minimum Gasteiger partial charge on any atom is -0.399 e. The van der Waals surface area contributed by atoms with Crippen molar-refractivity contribution < 1.29 is 8.42 Å². The first-order valence-corrected chi connectivity index (χ1v) is 9.21. The zero-order valence-electron chi connectivity index (χ0n) is 12.0. The van der Waals surface area contributed by atoms with Gasteiger partial charge in [-0.15, -0.1) is 0 Å². The monoisotopic (exact) mass is 362 g/mol. The van der Waals surface area contributed by atoms with E-state index in [1.54, 1.807) is 12.1 Å². The van der Waals surface area contributed by atoms with Gasteiger partial charge in [0.15, 0.2) is 0 Å². The molecule has 0 heterocycles. The summed E-state index contributed by atoms with van der Waals surface area (Å²) in [5.41, 5.74) is 6.15. The first-order chi connectivity index (χ1) is 9.36. The van der Waals surface area contributed by atoms with Gasteiger partial charge in [-0.05, 0) is 47.5 Å². The van der Waals surface area contributed by atoms with Gasteiger partial charge in [-0.1, -0.05) is 32.6 Å². The molecular weight excluding hydrogens is 340 g/mol. The standard InChI is InChI=1S/C14H23BrN2O2S/c1-3-4-5-6-7-11(2)17-20(18,19)14-9-8-12(16)10-13(14)15/h8-11,17H,3-7,16H2,1-2H3. The van der Waals surface area contributed by atoms with Crippen LogP contribution in [0.15, 0.2) is 27.6 Å². The SMILES string of the molecule is CCCCCCC(C)NS(=O)(=O)c1ccc(N)cc1Br. The Kier molecular flexibility index (Phi) is 6.99. The molecule has 0 amide bonds. The van der Waals surface area contributed by atoms with Crippen molar-refractivity contribution in [1.29, 1.82) is 0 Å². The van der Waals surface area contributed by atoms with Gasteiger partial charge < -0.3 is 5.73 Å². The quantitative estimate of drug-likeness (QED) is 0.547. The van der Waals surface area contributed by atoms with Crippen molar-refractivity contribution in [1.82, 2.24) is 4.72 Å². The molecule has 6 heteroatoms. The van der Waals surface area contributed by atoms with E-state index in [0.717, 1.165) is 19.3 Å². The molecule has 20 heavy (non-hydrogen) atoms. The van der Waals surface area contributed by atoms with Crippen LogP contribution in [0.4, 0.5) is 5.69 Å². The van der Waals surface area contributed by atoms with Crippen LogP contribution in [0.25, 0.3) is 0 Å². The predicted molar refractivity (Wildman–Crippen MR) is 87.1 cm³/mol. The van der Waals surface area contributed by atoms with Gasteiger partial charge in [0.2, 0.25) is 10.0 Å². The molecule has 114 valence electrons. The normalized spacial score (nSPS) is 13.3. The second-order valence-electron chi connectivity index (χ2n) is 5.06. The number of benzene rings is 1. The van der Waals surface area contributed by atoms with E-state index in [1.165, 1.54) is 18.9 Å².